The van der Waals surface area contributed by atoms with Gasteiger partial charge in [-0.3, -0.25) is 4.98 Å². The molecular formula is C25H33N2O2Pt-. The normalized spacial score (nSPS) is 8.60. The number of nitrogens with zero attached hydrogens (tertiary/aromatic N) is 2. The first-order valence-corrected chi connectivity index (χ1v) is 10.3. The van der Waals surface area contributed by atoms with E-state index in [1.165, 1.54) is 6.07 Å². The van der Waals surface area contributed by atoms with E-state index in [-0.39, 0.29) is 26.8 Å². The van der Waals surface area contributed by atoms with Crippen molar-refractivity contribution < 1.29 is 31.0 Å². The first-order valence-electron chi connectivity index (χ1n) is 10.3. The van der Waals surface area contributed by atoms with Crippen LogP contribution in [0.2, 0.25) is 0 Å². The van der Waals surface area contributed by atoms with Crippen molar-refractivity contribution in [3.8, 4) is 0 Å². The van der Waals surface area contributed by atoms with Gasteiger partial charge >= 0.3 is 5.97 Å². The first kappa shape index (κ1) is 29.9. The van der Waals surface area contributed by atoms with Crippen molar-refractivity contribution in [1.82, 2.24) is 9.97 Å². The van der Waals surface area contributed by atoms with Crippen molar-refractivity contribution in [2.24, 2.45) is 0 Å². The maximum Gasteiger partial charge on any atom is 0.354 e. The zero-order chi connectivity index (χ0) is 22.1. The Balaban J connectivity index is 0. The quantitative estimate of drug-likeness (QED) is 0.359. The molecule has 4 nitrogen and oxygen atoms in total. The fraction of sp³-hybridized carbons (Fsp3) is 0.320. The van der Waals surface area contributed by atoms with Gasteiger partial charge in [0.05, 0.1) is 0 Å². The second-order valence-corrected chi connectivity index (χ2v) is 5.20. The number of carbonyl (C=O) groups is 1. The summed E-state index contributed by atoms with van der Waals surface area (Å²) in [6.45, 7) is 12.0. The zero-order valence-electron chi connectivity index (χ0n) is 18.8. The molecule has 0 bridgehead atoms. The van der Waals surface area contributed by atoms with Crippen LogP contribution in [0.3, 0.4) is 0 Å². The molecular weight excluding hydrogens is 555 g/mol. The summed E-state index contributed by atoms with van der Waals surface area (Å²) in [6.07, 6.45) is 3.05. The summed E-state index contributed by atoms with van der Waals surface area (Å²) in [7, 11) is 0. The van der Waals surface area contributed by atoms with Gasteiger partial charge in [0.2, 0.25) is 0 Å². The summed E-state index contributed by atoms with van der Waals surface area (Å²) in [6, 6.07) is 20.2. The van der Waals surface area contributed by atoms with Crippen LogP contribution >= 0.6 is 0 Å². The van der Waals surface area contributed by atoms with E-state index < -0.39 is 5.97 Å². The number of carboxylic acid groups (broad SMARTS) is 1. The smallest absolute Gasteiger partial charge is 0.354 e. The van der Waals surface area contributed by atoms with Crippen LogP contribution in [0.5, 0.6) is 0 Å². The Labute approximate surface area is 196 Å². The molecule has 0 fully saturated rings. The van der Waals surface area contributed by atoms with Crippen LogP contribution < -0.4 is 0 Å². The number of aromatic carboxylic acids is 1. The second-order valence-electron chi connectivity index (χ2n) is 5.20. The largest absolute Gasteiger partial charge is 0.477 e. The molecule has 1 aromatic carbocycles. The molecule has 0 aliphatic heterocycles. The van der Waals surface area contributed by atoms with E-state index in [1.807, 2.05) is 84.0 Å². The van der Waals surface area contributed by atoms with E-state index >= 15 is 0 Å². The molecule has 2 heterocycles. The SMILES string of the molecule is CC.CC.CC.O=C(O)c1cccc(Cc2[c-]c(Cc3ccccn3)ccc2)n1.[Pt]. The van der Waals surface area contributed by atoms with Crippen LogP contribution in [0.25, 0.3) is 0 Å². The molecule has 3 rings (SSSR count). The molecule has 5 heteroatoms. The van der Waals surface area contributed by atoms with Crippen LogP contribution in [0, 0.1) is 6.07 Å². The number of carboxylic acids is 1. The number of hydrogen-bond acceptors (Lipinski definition) is 3. The number of pyridine rings is 2. The Hall–Kier alpha value is -2.32. The Morgan fingerprint density at radius 3 is 1.87 bits per heavy atom. The topological polar surface area (TPSA) is 63.1 Å². The average molecular weight is 589 g/mol. The summed E-state index contributed by atoms with van der Waals surface area (Å²) in [5, 5.41) is 9.01. The molecule has 2 aromatic heterocycles. The molecule has 0 unspecified atom stereocenters. The Kier molecular flexibility index (Phi) is 18.6. The van der Waals surface area contributed by atoms with Crippen molar-refractivity contribution in [1.29, 1.82) is 0 Å². The second kappa shape index (κ2) is 18.7. The Bertz CT molecular complexity index is 824. The van der Waals surface area contributed by atoms with Gasteiger partial charge in [-0.05, 0) is 37.1 Å². The van der Waals surface area contributed by atoms with E-state index in [2.05, 4.69) is 16.0 Å². The molecule has 3 aromatic rings. The van der Waals surface area contributed by atoms with Crippen molar-refractivity contribution >= 4 is 5.97 Å². The molecule has 166 valence electrons. The maximum atomic E-state index is 11.0. The van der Waals surface area contributed by atoms with E-state index in [4.69, 9.17) is 5.11 Å². The van der Waals surface area contributed by atoms with Gasteiger partial charge in [0.1, 0.15) is 5.69 Å². The van der Waals surface area contributed by atoms with Gasteiger partial charge in [0, 0.05) is 38.6 Å². The van der Waals surface area contributed by atoms with Crippen LogP contribution in [0.15, 0.2) is 60.8 Å². The fourth-order valence-corrected chi connectivity index (χ4v) is 2.37. The Morgan fingerprint density at radius 1 is 0.800 bits per heavy atom. The minimum absolute atomic E-state index is 0. The minimum atomic E-state index is -1.01. The molecule has 1 N–H and O–H groups in total. The molecule has 0 amide bonds. The van der Waals surface area contributed by atoms with Crippen molar-refractivity contribution in [2.45, 2.75) is 54.4 Å². The third-order valence-corrected chi connectivity index (χ3v) is 3.41. The number of hydrogen-bond donors (Lipinski definition) is 1. The standard InChI is InChI=1S/C19H15N2O2.3C2H6.Pt/c22-19(23)18-9-4-8-17(21-18)13-15-6-3-5-14(11-15)12-16-7-1-2-10-20-16;3*1-2;/h1-10H,12-13H2,(H,22,23);3*1-2H3;/q-1;;;;. The van der Waals surface area contributed by atoms with Gasteiger partial charge in [-0.15, -0.1) is 0 Å². The monoisotopic (exact) mass is 588 g/mol. The summed E-state index contributed by atoms with van der Waals surface area (Å²) in [5.41, 5.74) is 3.80. The number of benzene rings is 1. The van der Waals surface area contributed by atoms with Gasteiger partial charge in [-0.25, -0.2) is 9.78 Å². The van der Waals surface area contributed by atoms with Crippen molar-refractivity contribution in [2.75, 3.05) is 0 Å². The van der Waals surface area contributed by atoms with Crippen molar-refractivity contribution in [3.05, 3.63) is 95.1 Å². The predicted molar refractivity (Wildman–Crippen MR) is 120 cm³/mol. The Morgan fingerprint density at radius 2 is 1.33 bits per heavy atom. The molecule has 0 saturated carbocycles. The first-order chi connectivity index (χ1) is 14.2. The van der Waals surface area contributed by atoms with Gasteiger partial charge in [0.15, 0.2) is 0 Å². The van der Waals surface area contributed by atoms with E-state index in [0.717, 1.165) is 28.9 Å². The zero-order valence-corrected chi connectivity index (χ0v) is 21.0. The van der Waals surface area contributed by atoms with Crippen LogP contribution in [0.1, 0.15) is 74.5 Å². The number of aromatic nitrogens is 2. The molecule has 0 aliphatic rings. The fourth-order valence-electron chi connectivity index (χ4n) is 2.37. The minimum Gasteiger partial charge on any atom is -0.477 e. The van der Waals surface area contributed by atoms with E-state index in [9.17, 15) is 4.79 Å². The van der Waals surface area contributed by atoms with Crippen LogP contribution in [0.4, 0.5) is 0 Å². The molecule has 0 atom stereocenters. The van der Waals surface area contributed by atoms with Crippen LogP contribution in [-0.4, -0.2) is 21.0 Å². The van der Waals surface area contributed by atoms with Gasteiger partial charge < -0.3 is 5.11 Å². The van der Waals surface area contributed by atoms with E-state index in [0.29, 0.717) is 6.42 Å². The predicted octanol–water partition coefficient (Wildman–Crippen LogP) is 6.23. The maximum absolute atomic E-state index is 11.0. The third kappa shape index (κ3) is 11.0. The molecule has 0 spiro atoms. The summed E-state index contributed by atoms with van der Waals surface area (Å²) >= 11 is 0. The molecule has 0 aliphatic carbocycles. The average Bonchev–Trinajstić information content (AvgIpc) is 2.79. The van der Waals surface area contributed by atoms with Gasteiger partial charge in [-0.1, -0.05) is 53.7 Å². The molecule has 0 saturated heterocycles. The van der Waals surface area contributed by atoms with Gasteiger partial charge in [-0.2, -0.15) is 35.4 Å². The van der Waals surface area contributed by atoms with Crippen LogP contribution in [-0.2, 0) is 33.9 Å². The summed E-state index contributed by atoms with van der Waals surface area (Å²) in [5.74, 6) is -1.01. The summed E-state index contributed by atoms with van der Waals surface area (Å²) < 4.78 is 0. The van der Waals surface area contributed by atoms with E-state index in [1.54, 1.807) is 12.3 Å². The molecule has 0 radical (unpaired) electrons. The summed E-state index contributed by atoms with van der Waals surface area (Å²) in [4.78, 5) is 19.5. The molecule has 30 heavy (non-hydrogen) atoms. The van der Waals surface area contributed by atoms with Crippen molar-refractivity contribution in [3.63, 3.8) is 0 Å². The number of rotatable bonds is 5. The van der Waals surface area contributed by atoms with Gasteiger partial charge in [0.25, 0.3) is 0 Å². The third-order valence-electron chi connectivity index (χ3n) is 3.41.